The first-order valence-corrected chi connectivity index (χ1v) is 6.81. The van der Waals surface area contributed by atoms with Crippen molar-refractivity contribution in [3.63, 3.8) is 0 Å². The van der Waals surface area contributed by atoms with E-state index >= 15 is 0 Å². The molecule has 0 bridgehead atoms. The maximum absolute atomic E-state index is 4.65. The molecule has 0 radical (unpaired) electrons. The number of aromatic nitrogens is 2. The Morgan fingerprint density at radius 1 is 1.29 bits per heavy atom. The van der Waals surface area contributed by atoms with Crippen LogP contribution in [0.3, 0.4) is 0 Å². The monoisotopic (exact) mass is 290 g/mol. The van der Waals surface area contributed by atoms with Crippen LogP contribution in [0, 0.1) is 5.92 Å². The Bertz CT molecular complexity index is 527. The van der Waals surface area contributed by atoms with Crippen LogP contribution in [0.4, 0.5) is 0 Å². The molecule has 1 aromatic carbocycles. The van der Waals surface area contributed by atoms with Gasteiger partial charge in [-0.1, -0.05) is 30.3 Å². The Hall–Kier alpha value is -1.09. The Morgan fingerprint density at radius 2 is 2.00 bits per heavy atom. The minimum atomic E-state index is 0.867. The van der Waals surface area contributed by atoms with Crippen molar-refractivity contribution in [2.45, 2.75) is 19.3 Å². The number of hydrogen-bond donors (Lipinski definition) is 0. The van der Waals surface area contributed by atoms with Crippen LogP contribution in [-0.4, -0.2) is 9.55 Å². The second kappa shape index (κ2) is 4.30. The summed E-state index contributed by atoms with van der Waals surface area (Å²) in [6, 6.07) is 10.4. The lowest BCUT2D eigenvalue weighted by atomic mass is 10.2. The van der Waals surface area contributed by atoms with Gasteiger partial charge in [-0.05, 0) is 34.7 Å². The highest BCUT2D eigenvalue weighted by Gasteiger charge is 2.25. The maximum Gasteiger partial charge on any atom is 0.132 e. The van der Waals surface area contributed by atoms with E-state index in [-0.39, 0.29) is 0 Å². The predicted octanol–water partition coefficient (Wildman–Crippen LogP) is 3.80. The quantitative estimate of drug-likeness (QED) is 0.841. The third kappa shape index (κ3) is 2.16. The van der Waals surface area contributed by atoms with Crippen LogP contribution in [0.25, 0.3) is 11.3 Å². The molecule has 0 atom stereocenters. The Kier molecular flexibility index (Phi) is 2.79. The second-order valence-electron chi connectivity index (χ2n) is 4.74. The van der Waals surface area contributed by atoms with Gasteiger partial charge >= 0.3 is 0 Å². The molecule has 3 heteroatoms. The topological polar surface area (TPSA) is 17.8 Å². The average molecular weight is 291 g/mol. The lowest BCUT2D eigenvalue weighted by Gasteiger charge is -2.05. The van der Waals surface area contributed by atoms with Crippen molar-refractivity contribution in [3.8, 4) is 11.3 Å². The van der Waals surface area contributed by atoms with Gasteiger partial charge in [-0.25, -0.2) is 4.98 Å². The molecular weight excluding hydrogens is 276 g/mol. The molecule has 88 valence electrons. The first kappa shape index (κ1) is 11.0. The fourth-order valence-electron chi connectivity index (χ4n) is 2.18. The van der Waals surface area contributed by atoms with Crippen molar-refractivity contribution in [1.82, 2.24) is 9.55 Å². The molecular formula is C14H15BrN2. The molecule has 17 heavy (non-hydrogen) atoms. The van der Waals surface area contributed by atoms with Gasteiger partial charge in [-0.3, -0.25) is 0 Å². The molecule has 0 saturated heterocycles. The zero-order valence-electron chi connectivity index (χ0n) is 9.86. The first-order chi connectivity index (χ1) is 8.25. The van der Waals surface area contributed by atoms with Crippen LogP contribution < -0.4 is 0 Å². The van der Waals surface area contributed by atoms with Crippen molar-refractivity contribution < 1.29 is 0 Å². The molecule has 0 amide bonds. The summed E-state index contributed by atoms with van der Waals surface area (Å²) >= 11 is 3.58. The van der Waals surface area contributed by atoms with E-state index < -0.39 is 0 Å². The summed E-state index contributed by atoms with van der Waals surface area (Å²) in [5, 5.41) is 0. The molecule has 0 aliphatic heterocycles. The van der Waals surface area contributed by atoms with Crippen LogP contribution in [0.5, 0.6) is 0 Å². The first-order valence-electron chi connectivity index (χ1n) is 6.02. The van der Waals surface area contributed by atoms with E-state index in [0.29, 0.717) is 0 Å². The number of halogens is 1. The van der Waals surface area contributed by atoms with Gasteiger partial charge in [-0.2, -0.15) is 0 Å². The van der Waals surface area contributed by atoms with Gasteiger partial charge in [0.1, 0.15) is 10.4 Å². The normalized spacial score (nSPS) is 15.2. The molecule has 3 rings (SSSR count). The molecule has 1 aliphatic carbocycles. The summed E-state index contributed by atoms with van der Waals surface area (Å²) in [7, 11) is 2.11. The Morgan fingerprint density at radius 3 is 2.65 bits per heavy atom. The summed E-state index contributed by atoms with van der Waals surface area (Å²) in [6.07, 6.45) is 3.85. The van der Waals surface area contributed by atoms with E-state index in [1.54, 1.807) is 0 Å². The van der Waals surface area contributed by atoms with Gasteiger partial charge in [0, 0.05) is 19.0 Å². The summed E-state index contributed by atoms with van der Waals surface area (Å²) in [5.74, 6) is 2.06. The van der Waals surface area contributed by atoms with Gasteiger partial charge in [0.2, 0.25) is 0 Å². The SMILES string of the molecule is Cn1c(CC2CC2)nc(Br)c1-c1ccccc1. The van der Waals surface area contributed by atoms with E-state index in [2.05, 4.69) is 56.8 Å². The number of hydrogen-bond acceptors (Lipinski definition) is 1. The number of nitrogens with zero attached hydrogens (tertiary/aromatic N) is 2. The molecule has 2 nitrogen and oxygen atoms in total. The zero-order chi connectivity index (χ0) is 11.8. The summed E-state index contributed by atoms with van der Waals surface area (Å²) < 4.78 is 3.18. The van der Waals surface area contributed by atoms with Crippen LogP contribution in [-0.2, 0) is 13.5 Å². The van der Waals surface area contributed by atoms with Crippen LogP contribution in [0.1, 0.15) is 18.7 Å². The van der Waals surface area contributed by atoms with Crippen molar-refractivity contribution in [1.29, 1.82) is 0 Å². The highest BCUT2D eigenvalue weighted by atomic mass is 79.9. The molecule has 0 unspecified atom stereocenters. The Labute approximate surface area is 110 Å². The molecule has 1 saturated carbocycles. The molecule has 0 spiro atoms. The van der Waals surface area contributed by atoms with E-state index in [9.17, 15) is 0 Å². The molecule has 1 aromatic heterocycles. The minimum absolute atomic E-state index is 0.867. The van der Waals surface area contributed by atoms with Crippen molar-refractivity contribution in [2.75, 3.05) is 0 Å². The van der Waals surface area contributed by atoms with E-state index in [1.165, 1.54) is 29.9 Å². The highest BCUT2D eigenvalue weighted by Crippen LogP contribution is 2.35. The van der Waals surface area contributed by atoms with E-state index in [0.717, 1.165) is 16.9 Å². The summed E-state index contributed by atoms with van der Waals surface area (Å²) in [4.78, 5) is 4.65. The van der Waals surface area contributed by atoms with Crippen LogP contribution >= 0.6 is 15.9 Å². The average Bonchev–Trinajstić information content (AvgIpc) is 3.09. The third-order valence-electron chi connectivity index (χ3n) is 3.36. The maximum atomic E-state index is 4.65. The third-order valence-corrected chi connectivity index (χ3v) is 3.91. The van der Waals surface area contributed by atoms with Crippen molar-refractivity contribution >= 4 is 15.9 Å². The predicted molar refractivity (Wildman–Crippen MR) is 72.8 cm³/mol. The fraction of sp³-hybridized carbons (Fsp3) is 0.357. The lowest BCUT2D eigenvalue weighted by molar-refractivity contribution is 0.720. The standard InChI is InChI=1S/C14H15BrN2/c1-17-12(9-10-7-8-10)16-14(15)13(17)11-5-3-2-4-6-11/h2-6,10H,7-9H2,1H3. The minimum Gasteiger partial charge on any atom is -0.330 e. The molecule has 1 heterocycles. The van der Waals surface area contributed by atoms with Gasteiger partial charge in [0.25, 0.3) is 0 Å². The van der Waals surface area contributed by atoms with Gasteiger partial charge in [0.15, 0.2) is 0 Å². The highest BCUT2D eigenvalue weighted by molar-refractivity contribution is 9.10. The van der Waals surface area contributed by atoms with Gasteiger partial charge in [0.05, 0.1) is 5.69 Å². The van der Waals surface area contributed by atoms with Crippen molar-refractivity contribution in [2.24, 2.45) is 13.0 Å². The molecule has 0 N–H and O–H groups in total. The fourth-order valence-corrected chi connectivity index (χ4v) is 2.88. The molecule has 2 aromatic rings. The lowest BCUT2D eigenvalue weighted by Crippen LogP contribution is -2.00. The van der Waals surface area contributed by atoms with Gasteiger partial charge in [-0.15, -0.1) is 0 Å². The Balaban J connectivity index is 2.01. The number of benzene rings is 1. The molecule has 1 fully saturated rings. The van der Waals surface area contributed by atoms with Crippen LogP contribution in [0.15, 0.2) is 34.9 Å². The largest absolute Gasteiger partial charge is 0.330 e. The van der Waals surface area contributed by atoms with E-state index in [4.69, 9.17) is 0 Å². The summed E-state index contributed by atoms with van der Waals surface area (Å²) in [6.45, 7) is 0. The smallest absolute Gasteiger partial charge is 0.132 e. The van der Waals surface area contributed by atoms with Crippen LogP contribution in [0.2, 0.25) is 0 Å². The van der Waals surface area contributed by atoms with Gasteiger partial charge < -0.3 is 4.57 Å². The van der Waals surface area contributed by atoms with Crippen molar-refractivity contribution in [3.05, 3.63) is 40.8 Å². The molecule has 1 aliphatic rings. The summed E-state index contributed by atoms with van der Waals surface area (Å²) in [5.41, 5.74) is 2.40. The zero-order valence-corrected chi connectivity index (χ0v) is 11.4. The number of rotatable bonds is 3. The number of imidazole rings is 1. The van der Waals surface area contributed by atoms with E-state index in [1.807, 2.05) is 6.07 Å². The second-order valence-corrected chi connectivity index (χ2v) is 5.49.